The van der Waals surface area contributed by atoms with Crippen LogP contribution in [0.2, 0.25) is 0 Å². The van der Waals surface area contributed by atoms with Crippen LogP contribution in [0.15, 0.2) is 0 Å². The normalized spacial score (nSPS) is 26.5. The number of ketones is 1. The summed E-state index contributed by atoms with van der Waals surface area (Å²) in [6.07, 6.45) is 3.02. The van der Waals surface area contributed by atoms with Gasteiger partial charge in [0, 0.05) is 0 Å². The Balaban J connectivity index is 2.19. The summed E-state index contributed by atoms with van der Waals surface area (Å²) in [5.74, 6) is 0.143. The summed E-state index contributed by atoms with van der Waals surface area (Å²) in [6, 6.07) is 0. The van der Waals surface area contributed by atoms with Crippen molar-refractivity contribution in [2.45, 2.75) is 31.7 Å². The van der Waals surface area contributed by atoms with Crippen LogP contribution in [0.1, 0.15) is 36.8 Å². The largest absolute Gasteiger partial charge is 0.305 e. The van der Waals surface area contributed by atoms with Gasteiger partial charge in [-0.25, -0.2) is 0 Å². The molecule has 2 heterocycles. The molecule has 1 aromatic heterocycles. The molecule has 0 spiro atoms. The maximum atomic E-state index is 12.1. The number of nitrogens with zero attached hydrogens (tertiary/aromatic N) is 4. The lowest BCUT2D eigenvalue weighted by atomic mass is 9.86. The topological polar surface area (TPSA) is 72.7 Å². The second-order valence-corrected chi connectivity index (χ2v) is 4.15. The van der Waals surface area contributed by atoms with E-state index in [4.69, 9.17) is 0 Å². The molecule has 0 radical (unpaired) electrons. The second-order valence-electron chi connectivity index (χ2n) is 4.15. The van der Waals surface area contributed by atoms with Crippen molar-refractivity contribution in [3.8, 4) is 0 Å². The zero-order chi connectivity index (χ0) is 10.9. The zero-order valence-corrected chi connectivity index (χ0v) is 9.03. The number of piperidine rings is 1. The Hall–Kier alpha value is -1.30. The molecule has 0 saturated carbocycles. The number of hydrogen-bond donors (Lipinski definition) is 1. The molecule has 1 aliphatic rings. The molecule has 0 aliphatic carbocycles. The van der Waals surface area contributed by atoms with Gasteiger partial charge in [0.25, 0.3) is 0 Å². The highest BCUT2D eigenvalue weighted by molar-refractivity contribution is 5.99. The number of hydrogen-bond acceptors (Lipinski definition) is 5. The third kappa shape index (κ3) is 1.90. The molecular formula is C9H15N5O. The maximum Gasteiger partial charge on any atom is 0.242 e. The van der Waals surface area contributed by atoms with Gasteiger partial charge in [0.05, 0.1) is 12.6 Å². The SMILES string of the molecule is Cn1nnc(C(=O)C2(C)CCCCN2)n1. The van der Waals surface area contributed by atoms with Crippen LogP contribution in [0.4, 0.5) is 0 Å². The molecule has 82 valence electrons. The average Bonchev–Trinajstić information content (AvgIpc) is 2.65. The first-order valence-electron chi connectivity index (χ1n) is 5.16. The van der Waals surface area contributed by atoms with Crippen LogP contribution < -0.4 is 5.32 Å². The number of rotatable bonds is 2. The minimum Gasteiger partial charge on any atom is -0.305 e. The third-order valence-corrected chi connectivity index (χ3v) is 2.83. The van der Waals surface area contributed by atoms with Crippen molar-refractivity contribution in [1.82, 2.24) is 25.5 Å². The van der Waals surface area contributed by atoms with Crippen LogP contribution in [0.3, 0.4) is 0 Å². The number of carbonyl (C=O) groups excluding carboxylic acids is 1. The lowest BCUT2D eigenvalue weighted by Crippen LogP contribution is -2.52. The standard InChI is InChI=1S/C9H15N5O/c1-9(5-3-4-6-10-9)7(15)8-11-13-14(2)12-8/h10H,3-6H2,1-2H3. The minimum absolute atomic E-state index is 0.0599. The van der Waals surface area contributed by atoms with Gasteiger partial charge in [-0.2, -0.15) is 4.80 Å². The van der Waals surface area contributed by atoms with Crippen molar-refractivity contribution in [1.29, 1.82) is 0 Å². The fraction of sp³-hybridized carbons (Fsp3) is 0.778. The zero-order valence-electron chi connectivity index (χ0n) is 9.03. The molecule has 0 aromatic carbocycles. The molecule has 1 saturated heterocycles. The molecule has 0 bridgehead atoms. The van der Waals surface area contributed by atoms with E-state index in [0.717, 1.165) is 25.8 Å². The molecule has 1 fully saturated rings. The van der Waals surface area contributed by atoms with Crippen molar-refractivity contribution in [2.24, 2.45) is 7.05 Å². The quantitative estimate of drug-likeness (QED) is 0.690. The smallest absolute Gasteiger partial charge is 0.242 e. The summed E-state index contributed by atoms with van der Waals surface area (Å²) in [6.45, 7) is 2.79. The first kappa shape index (κ1) is 10.2. The van der Waals surface area contributed by atoms with Gasteiger partial charge in [0.2, 0.25) is 11.6 Å². The Labute approximate surface area is 88.0 Å². The van der Waals surface area contributed by atoms with Crippen LogP contribution in [0.5, 0.6) is 0 Å². The fourth-order valence-electron chi connectivity index (χ4n) is 1.87. The van der Waals surface area contributed by atoms with Crippen LogP contribution in [-0.2, 0) is 7.05 Å². The van der Waals surface area contributed by atoms with Gasteiger partial charge >= 0.3 is 0 Å². The van der Waals surface area contributed by atoms with E-state index in [2.05, 4.69) is 20.7 Å². The van der Waals surface area contributed by atoms with E-state index in [1.807, 2.05) is 6.92 Å². The molecule has 1 atom stereocenters. The van der Waals surface area contributed by atoms with Gasteiger partial charge in [-0.15, -0.1) is 10.2 Å². The Morgan fingerprint density at radius 1 is 1.53 bits per heavy atom. The molecule has 2 rings (SSSR count). The fourth-order valence-corrected chi connectivity index (χ4v) is 1.87. The monoisotopic (exact) mass is 209 g/mol. The van der Waals surface area contributed by atoms with Crippen molar-refractivity contribution in [3.05, 3.63) is 5.82 Å². The van der Waals surface area contributed by atoms with Crippen molar-refractivity contribution in [2.75, 3.05) is 6.54 Å². The highest BCUT2D eigenvalue weighted by atomic mass is 16.1. The van der Waals surface area contributed by atoms with Crippen molar-refractivity contribution >= 4 is 5.78 Å². The number of Topliss-reactive ketones (excluding diaryl/α,β-unsaturated/α-hetero) is 1. The van der Waals surface area contributed by atoms with E-state index >= 15 is 0 Å². The average molecular weight is 209 g/mol. The summed E-state index contributed by atoms with van der Waals surface area (Å²) in [5.41, 5.74) is -0.513. The summed E-state index contributed by atoms with van der Waals surface area (Å²) >= 11 is 0. The summed E-state index contributed by atoms with van der Waals surface area (Å²) in [7, 11) is 1.65. The second kappa shape index (κ2) is 3.69. The number of tetrazole rings is 1. The Morgan fingerprint density at radius 3 is 2.87 bits per heavy atom. The number of carbonyl (C=O) groups is 1. The molecular weight excluding hydrogens is 194 g/mol. The lowest BCUT2D eigenvalue weighted by Gasteiger charge is -2.32. The van der Waals surface area contributed by atoms with Gasteiger partial charge in [0.1, 0.15) is 0 Å². The highest BCUT2D eigenvalue weighted by Crippen LogP contribution is 2.21. The third-order valence-electron chi connectivity index (χ3n) is 2.83. The molecule has 6 nitrogen and oxygen atoms in total. The van der Waals surface area contributed by atoms with Crippen LogP contribution >= 0.6 is 0 Å². The van der Waals surface area contributed by atoms with Crippen LogP contribution in [0.25, 0.3) is 0 Å². The van der Waals surface area contributed by atoms with Crippen molar-refractivity contribution < 1.29 is 4.79 Å². The van der Waals surface area contributed by atoms with Gasteiger partial charge < -0.3 is 5.32 Å². The Bertz CT molecular complexity index is 366. The molecule has 0 amide bonds. The lowest BCUT2D eigenvalue weighted by molar-refractivity contribution is 0.0823. The van der Waals surface area contributed by atoms with Gasteiger partial charge in [-0.3, -0.25) is 4.79 Å². The summed E-state index contributed by atoms with van der Waals surface area (Å²) in [5, 5.41) is 14.6. The molecule has 1 N–H and O–H groups in total. The van der Waals surface area contributed by atoms with E-state index in [-0.39, 0.29) is 11.6 Å². The van der Waals surface area contributed by atoms with Gasteiger partial charge in [0.15, 0.2) is 0 Å². The van der Waals surface area contributed by atoms with E-state index in [9.17, 15) is 4.79 Å². The number of aryl methyl sites for hydroxylation is 1. The molecule has 1 aromatic rings. The Morgan fingerprint density at radius 2 is 2.33 bits per heavy atom. The first-order chi connectivity index (χ1) is 7.12. The van der Waals surface area contributed by atoms with Crippen LogP contribution in [-0.4, -0.2) is 38.1 Å². The predicted octanol–water partition coefficient (Wildman–Crippen LogP) is -0.0750. The number of aromatic nitrogens is 4. The Kier molecular flexibility index (Phi) is 2.52. The van der Waals surface area contributed by atoms with Crippen molar-refractivity contribution in [3.63, 3.8) is 0 Å². The first-order valence-corrected chi connectivity index (χ1v) is 5.16. The van der Waals surface area contributed by atoms with Crippen LogP contribution in [0, 0.1) is 0 Å². The van der Waals surface area contributed by atoms with E-state index < -0.39 is 5.54 Å². The van der Waals surface area contributed by atoms with E-state index in [1.54, 1.807) is 7.05 Å². The molecule has 1 unspecified atom stereocenters. The summed E-state index contributed by atoms with van der Waals surface area (Å²) < 4.78 is 0. The molecule has 6 heteroatoms. The molecule has 15 heavy (non-hydrogen) atoms. The highest BCUT2D eigenvalue weighted by Gasteiger charge is 2.37. The predicted molar refractivity (Wildman–Crippen MR) is 53.4 cm³/mol. The van der Waals surface area contributed by atoms with E-state index in [0.29, 0.717) is 0 Å². The molecule has 1 aliphatic heterocycles. The summed E-state index contributed by atoms with van der Waals surface area (Å²) in [4.78, 5) is 13.4. The minimum atomic E-state index is -0.513. The van der Waals surface area contributed by atoms with Gasteiger partial charge in [-0.1, -0.05) is 0 Å². The van der Waals surface area contributed by atoms with Gasteiger partial charge in [-0.05, 0) is 37.9 Å². The number of nitrogens with one attached hydrogen (secondary N) is 1. The van der Waals surface area contributed by atoms with E-state index in [1.165, 1.54) is 4.80 Å². The maximum absolute atomic E-state index is 12.1.